The standard InChI is InChI=1S/C12H7FN4O2S2/c13-8-1-2-9(12-11(8)7(3-14)4-16-12)17-21(18,19)10-5-15-6-20-10/h1-2,4-6,16-17H. The topological polar surface area (TPSA) is 98.6 Å². The largest absolute Gasteiger partial charge is 0.358 e. The van der Waals surface area contributed by atoms with Crippen molar-refractivity contribution in [3.05, 3.63) is 41.4 Å². The second kappa shape index (κ2) is 4.83. The van der Waals surface area contributed by atoms with Gasteiger partial charge in [-0.15, -0.1) is 11.3 Å². The van der Waals surface area contributed by atoms with Gasteiger partial charge in [0.1, 0.15) is 11.9 Å². The Morgan fingerprint density at radius 3 is 2.90 bits per heavy atom. The molecule has 0 radical (unpaired) electrons. The molecule has 0 aliphatic heterocycles. The zero-order valence-corrected chi connectivity index (χ0v) is 11.9. The summed E-state index contributed by atoms with van der Waals surface area (Å²) in [6.07, 6.45) is 2.56. The lowest BCUT2D eigenvalue weighted by atomic mass is 10.1. The highest BCUT2D eigenvalue weighted by Gasteiger charge is 2.19. The van der Waals surface area contributed by atoms with Crippen LogP contribution in [0.4, 0.5) is 10.1 Å². The molecule has 2 heterocycles. The van der Waals surface area contributed by atoms with Crippen LogP contribution in [0.15, 0.2) is 34.2 Å². The van der Waals surface area contributed by atoms with Gasteiger partial charge in [-0.1, -0.05) is 0 Å². The summed E-state index contributed by atoms with van der Waals surface area (Å²) >= 11 is 0.969. The quantitative estimate of drug-likeness (QED) is 0.773. The van der Waals surface area contributed by atoms with E-state index in [9.17, 15) is 12.8 Å². The van der Waals surface area contributed by atoms with Gasteiger partial charge in [0.2, 0.25) is 0 Å². The molecule has 0 unspecified atom stereocenters. The SMILES string of the molecule is N#Cc1c[nH]c2c(NS(=O)(=O)c3cncs3)ccc(F)c12. The van der Waals surface area contributed by atoms with E-state index in [1.807, 2.05) is 6.07 Å². The van der Waals surface area contributed by atoms with Crippen LogP contribution in [0.25, 0.3) is 10.9 Å². The van der Waals surface area contributed by atoms with E-state index in [1.54, 1.807) is 0 Å². The summed E-state index contributed by atoms with van der Waals surface area (Å²) in [7, 11) is -3.79. The number of aromatic nitrogens is 2. The summed E-state index contributed by atoms with van der Waals surface area (Å²) in [5.74, 6) is -0.594. The van der Waals surface area contributed by atoms with E-state index in [2.05, 4.69) is 14.7 Å². The predicted octanol–water partition coefficient (Wildman–Crippen LogP) is 2.44. The lowest BCUT2D eigenvalue weighted by Crippen LogP contribution is -2.12. The summed E-state index contributed by atoms with van der Waals surface area (Å²) in [6, 6.07) is 4.26. The first-order chi connectivity index (χ1) is 10.0. The lowest BCUT2D eigenvalue weighted by molar-refractivity contribution is 0.603. The first-order valence-electron chi connectivity index (χ1n) is 5.64. The number of aromatic amines is 1. The van der Waals surface area contributed by atoms with Gasteiger partial charge in [-0.05, 0) is 12.1 Å². The number of nitriles is 1. The third kappa shape index (κ3) is 2.24. The molecular weight excluding hydrogens is 315 g/mol. The minimum Gasteiger partial charge on any atom is -0.358 e. The van der Waals surface area contributed by atoms with Crippen LogP contribution < -0.4 is 4.72 Å². The molecule has 0 atom stereocenters. The Morgan fingerprint density at radius 1 is 1.43 bits per heavy atom. The molecule has 0 amide bonds. The van der Waals surface area contributed by atoms with E-state index < -0.39 is 15.8 Å². The molecule has 6 nitrogen and oxygen atoms in total. The van der Waals surface area contributed by atoms with Crippen LogP contribution >= 0.6 is 11.3 Å². The molecule has 0 spiro atoms. The summed E-state index contributed by atoms with van der Waals surface area (Å²) in [5.41, 5.74) is 1.90. The Hall–Kier alpha value is -2.44. The van der Waals surface area contributed by atoms with Crippen molar-refractivity contribution in [1.82, 2.24) is 9.97 Å². The molecule has 106 valence electrons. The van der Waals surface area contributed by atoms with E-state index >= 15 is 0 Å². The fraction of sp³-hybridized carbons (Fsp3) is 0. The van der Waals surface area contributed by atoms with E-state index in [0.29, 0.717) is 0 Å². The molecule has 21 heavy (non-hydrogen) atoms. The molecule has 0 fully saturated rings. The number of sulfonamides is 1. The molecule has 2 N–H and O–H groups in total. The van der Waals surface area contributed by atoms with Crippen LogP contribution in [0.3, 0.4) is 0 Å². The van der Waals surface area contributed by atoms with Gasteiger partial charge in [-0.25, -0.2) is 12.8 Å². The zero-order valence-electron chi connectivity index (χ0n) is 10.3. The molecule has 0 aliphatic rings. The summed E-state index contributed by atoms with van der Waals surface area (Å²) in [6.45, 7) is 0. The summed E-state index contributed by atoms with van der Waals surface area (Å²) < 4.78 is 40.5. The minimum absolute atomic E-state index is 0.0482. The highest BCUT2D eigenvalue weighted by Crippen LogP contribution is 2.29. The van der Waals surface area contributed by atoms with E-state index in [4.69, 9.17) is 5.26 Å². The molecule has 3 aromatic rings. The molecule has 0 saturated carbocycles. The monoisotopic (exact) mass is 322 g/mol. The number of anilines is 1. The zero-order chi connectivity index (χ0) is 15.0. The third-order valence-electron chi connectivity index (χ3n) is 2.82. The van der Waals surface area contributed by atoms with Crippen molar-refractivity contribution in [2.24, 2.45) is 0 Å². The number of rotatable bonds is 3. The smallest absolute Gasteiger partial charge is 0.273 e. The van der Waals surface area contributed by atoms with E-state index in [1.165, 1.54) is 24.0 Å². The average Bonchev–Trinajstić information content (AvgIpc) is 3.10. The average molecular weight is 322 g/mol. The van der Waals surface area contributed by atoms with Gasteiger partial charge in [-0.3, -0.25) is 9.71 Å². The number of hydrogen-bond acceptors (Lipinski definition) is 5. The first kappa shape index (κ1) is 13.5. The second-order valence-electron chi connectivity index (χ2n) is 4.09. The van der Waals surface area contributed by atoms with Crippen molar-refractivity contribution in [3.8, 4) is 6.07 Å². The molecule has 0 bridgehead atoms. The van der Waals surface area contributed by atoms with Crippen LogP contribution in [0.1, 0.15) is 5.56 Å². The Balaban J connectivity index is 2.13. The van der Waals surface area contributed by atoms with Crippen molar-refractivity contribution in [2.45, 2.75) is 4.21 Å². The summed E-state index contributed by atoms with van der Waals surface area (Å²) in [4.78, 5) is 6.43. The minimum atomic E-state index is -3.79. The van der Waals surface area contributed by atoms with Crippen LogP contribution in [0.5, 0.6) is 0 Å². The number of hydrogen-bond donors (Lipinski definition) is 2. The fourth-order valence-corrected chi connectivity index (χ4v) is 3.78. The Morgan fingerprint density at radius 2 is 2.24 bits per heavy atom. The molecule has 3 rings (SSSR count). The lowest BCUT2D eigenvalue weighted by Gasteiger charge is -2.07. The maximum atomic E-state index is 13.8. The van der Waals surface area contributed by atoms with Crippen molar-refractivity contribution in [1.29, 1.82) is 5.26 Å². The summed E-state index contributed by atoms with van der Waals surface area (Å²) in [5, 5.41) is 9.00. The normalized spacial score (nSPS) is 11.4. The molecule has 0 aliphatic carbocycles. The molecule has 1 aromatic carbocycles. The number of H-pyrrole nitrogens is 1. The number of thiazole rings is 1. The van der Waals surface area contributed by atoms with Gasteiger partial charge in [0.15, 0.2) is 4.21 Å². The van der Waals surface area contributed by atoms with E-state index in [0.717, 1.165) is 17.4 Å². The van der Waals surface area contributed by atoms with Gasteiger partial charge < -0.3 is 4.98 Å². The van der Waals surface area contributed by atoms with Gasteiger partial charge in [0, 0.05) is 6.20 Å². The highest BCUT2D eigenvalue weighted by atomic mass is 32.2. The number of halogens is 1. The Labute approximate surface area is 122 Å². The maximum Gasteiger partial charge on any atom is 0.273 e. The van der Waals surface area contributed by atoms with Gasteiger partial charge in [-0.2, -0.15) is 5.26 Å². The van der Waals surface area contributed by atoms with Crippen molar-refractivity contribution in [2.75, 3.05) is 4.72 Å². The molecule has 0 saturated heterocycles. The number of nitrogens with zero attached hydrogens (tertiary/aromatic N) is 2. The number of nitrogens with one attached hydrogen (secondary N) is 2. The first-order valence-corrected chi connectivity index (χ1v) is 8.00. The van der Waals surface area contributed by atoms with Crippen LogP contribution in [0, 0.1) is 17.1 Å². The van der Waals surface area contributed by atoms with Gasteiger partial charge in [0.05, 0.1) is 33.9 Å². The third-order valence-corrected chi connectivity index (χ3v) is 5.46. The van der Waals surface area contributed by atoms with Gasteiger partial charge >= 0.3 is 0 Å². The van der Waals surface area contributed by atoms with Gasteiger partial charge in [0.25, 0.3) is 10.0 Å². The molecule has 2 aromatic heterocycles. The Kier molecular flexibility index (Phi) is 3.12. The predicted molar refractivity (Wildman–Crippen MR) is 75.9 cm³/mol. The van der Waals surface area contributed by atoms with Crippen molar-refractivity contribution >= 4 is 38.0 Å². The van der Waals surface area contributed by atoms with Crippen molar-refractivity contribution in [3.63, 3.8) is 0 Å². The number of benzene rings is 1. The Bertz CT molecular complexity index is 955. The number of fused-ring (bicyclic) bond motifs is 1. The second-order valence-corrected chi connectivity index (χ2v) is 6.88. The van der Waals surface area contributed by atoms with Crippen LogP contribution in [-0.2, 0) is 10.0 Å². The highest BCUT2D eigenvalue weighted by molar-refractivity contribution is 7.94. The van der Waals surface area contributed by atoms with E-state index in [-0.39, 0.29) is 26.4 Å². The molecule has 9 heteroatoms. The maximum absolute atomic E-state index is 13.8. The fourth-order valence-electron chi connectivity index (χ4n) is 1.91. The van der Waals surface area contributed by atoms with Crippen molar-refractivity contribution < 1.29 is 12.8 Å². The van der Waals surface area contributed by atoms with Crippen LogP contribution in [-0.4, -0.2) is 18.4 Å². The van der Waals surface area contributed by atoms with Crippen LogP contribution in [0.2, 0.25) is 0 Å². The molecular formula is C12H7FN4O2S2.